The number of aliphatic carboxylic acids is 1. The van der Waals surface area contributed by atoms with Crippen molar-refractivity contribution in [2.45, 2.75) is 57.1 Å². The molecule has 1 heterocycles. The Kier molecular flexibility index (Phi) is 3.25. The topological polar surface area (TPSA) is 66.8 Å². The first-order valence-corrected chi connectivity index (χ1v) is 7.27. The van der Waals surface area contributed by atoms with E-state index in [2.05, 4.69) is 0 Å². The molecule has 3 aliphatic rings. The average Bonchev–Trinajstić information content (AvgIpc) is 2.80. The molecular weight excluding hydrogens is 246 g/mol. The zero-order chi connectivity index (χ0) is 13.5. The second-order valence-electron chi connectivity index (χ2n) is 6.11. The van der Waals surface area contributed by atoms with E-state index in [1.807, 2.05) is 4.90 Å². The minimum atomic E-state index is -0.802. The van der Waals surface area contributed by atoms with E-state index in [4.69, 9.17) is 4.74 Å². The fourth-order valence-electron chi connectivity index (χ4n) is 3.70. The molecule has 0 spiro atoms. The van der Waals surface area contributed by atoms with Crippen LogP contribution in [0.4, 0.5) is 0 Å². The summed E-state index contributed by atoms with van der Waals surface area (Å²) in [6.07, 6.45) is 5.69. The Hall–Kier alpha value is -1.10. The molecule has 1 saturated heterocycles. The number of nitrogens with zero attached hydrogens (tertiary/aromatic N) is 1. The predicted molar refractivity (Wildman–Crippen MR) is 67.6 cm³/mol. The predicted octanol–water partition coefficient (Wildman–Crippen LogP) is 1.41. The van der Waals surface area contributed by atoms with Gasteiger partial charge in [-0.15, -0.1) is 0 Å². The summed E-state index contributed by atoms with van der Waals surface area (Å²) in [6.45, 7) is 1.21. The van der Waals surface area contributed by atoms with E-state index in [0.717, 1.165) is 25.7 Å². The standard InChI is InChI=1S/C14H21NO4/c16-12(9-14(13(17)18)5-2-6-14)15-7-8-19-11-4-1-3-10(11)15/h10-11H,1-9H2,(H,17,18). The van der Waals surface area contributed by atoms with Crippen LogP contribution in [0.1, 0.15) is 44.9 Å². The van der Waals surface area contributed by atoms with Gasteiger partial charge in [0.2, 0.25) is 5.91 Å². The molecule has 0 bridgehead atoms. The Labute approximate surface area is 112 Å². The molecule has 3 rings (SSSR count). The summed E-state index contributed by atoms with van der Waals surface area (Å²) in [6, 6.07) is 0.187. The van der Waals surface area contributed by atoms with Gasteiger partial charge < -0.3 is 14.7 Å². The number of carboxylic acids is 1. The maximum Gasteiger partial charge on any atom is 0.310 e. The van der Waals surface area contributed by atoms with Crippen LogP contribution in [-0.2, 0) is 14.3 Å². The van der Waals surface area contributed by atoms with Crippen molar-refractivity contribution in [3.8, 4) is 0 Å². The van der Waals surface area contributed by atoms with Crippen molar-refractivity contribution in [1.82, 2.24) is 4.90 Å². The molecule has 0 radical (unpaired) electrons. The lowest BCUT2D eigenvalue weighted by molar-refractivity contribution is -0.162. The smallest absolute Gasteiger partial charge is 0.310 e. The number of morpholine rings is 1. The number of fused-ring (bicyclic) bond motifs is 1. The number of rotatable bonds is 3. The molecule has 2 aliphatic carbocycles. The quantitative estimate of drug-likeness (QED) is 0.839. The molecule has 2 atom stereocenters. The lowest BCUT2D eigenvalue weighted by Gasteiger charge is -2.42. The highest BCUT2D eigenvalue weighted by molar-refractivity contribution is 5.86. The first-order valence-electron chi connectivity index (χ1n) is 7.27. The van der Waals surface area contributed by atoms with Gasteiger partial charge in [0, 0.05) is 13.0 Å². The molecule has 5 heteroatoms. The monoisotopic (exact) mass is 267 g/mol. The fourth-order valence-corrected chi connectivity index (χ4v) is 3.70. The lowest BCUT2D eigenvalue weighted by Crippen LogP contribution is -2.53. The molecule has 0 aromatic carbocycles. The van der Waals surface area contributed by atoms with Crippen molar-refractivity contribution < 1.29 is 19.4 Å². The van der Waals surface area contributed by atoms with E-state index >= 15 is 0 Å². The Bertz CT molecular complexity index is 391. The van der Waals surface area contributed by atoms with Gasteiger partial charge in [-0.2, -0.15) is 0 Å². The van der Waals surface area contributed by atoms with E-state index in [9.17, 15) is 14.7 Å². The van der Waals surface area contributed by atoms with Crippen LogP contribution in [0.3, 0.4) is 0 Å². The maximum atomic E-state index is 12.5. The Morgan fingerprint density at radius 2 is 2.05 bits per heavy atom. The van der Waals surface area contributed by atoms with E-state index in [0.29, 0.717) is 26.0 Å². The summed E-state index contributed by atoms with van der Waals surface area (Å²) in [5.41, 5.74) is -0.774. The van der Waals surface area contributed by atoms with Gasteiger partial charge in [-0.05, 0) is 32.1 Å². The number of hydrogen-bond acceptors (Lipinski definition) is 3. The van der Waals surface area contributed by atoms with Crippen LogP contribution in [0.15, 0.2) is 0 Å². The number of carbonyl (C=O) groups is 2. The van der Waals surface area contributed by atoms with Gasteiger partial charge in [0.25, 0.3) is 0 Å². The fraction of sp³-hybridized carbons (Fsp3) is 0.857. The molecule has 1 N–H and O–H groups in total. The van der Waals surface area contributed by atoms with Crippen molar-refractivity contribution in [2.75, 3.05) is 13.2 Å². The minimum absolute atomic E-state index is 0.0160. The van der Waals surface area contributed by atoms with Crippen molar-refractivity contribution in [2.24, 2.45) is 5.41 Å². The van der Waals surface area contributed by atoms with Crippen LogP contribution in [0.25, 0.3) is 0 Å². The van der Waals surface area contributed by atoms with Gasteiger partial charge in [0.1, 0.15) is 0 Å². The summed E-state index contributed by atoms with van der Waals surface area (Å²) in [5, 5.41) is 9.32. The number of ether oxygens (including phenoxy) is 1. The molecule has 0 aromatic heterocycles. The Balaban J connectivity index is 1.68. The number of carbonyl (C=O) groups excluding carboxylic acids is 1. The third-order valence-electron chi connectivity index (χ3n) is 5.06. The van der Waals surface area contributed by atoms with Crippen LogP contribution < -0.4 is 0 Å². The van der Waals surface area contributed by atoms with Crippen LogP contribution in [0.2, 0.25) is 0 Å². The normalized spacial score (nSPS) is 32.5. The lowest BCUT2D eigenvalue weighted by atomic mass is 9.66. The second-order valence-corrected chi connectivity index (χ2v) is 6.11. The van der Waals surface area contributed by atoms with Crippen LogP contribution in [0.5, 0.6) is 0 Å². The number of hydrogen-bond donors (Lipinski definition) is 1. The maximum absolute atomic E-state index is 12.5. The van der Waals surface area contributed by atoms with Crippen molar-refractivity contribution in [3.63, 3.8) is 0 Å². The van der Waals surface area contributed by atoms with E-state index in [1.54, 1.807) is 0 Å². The average molecular weight is 267 g/mol. The number of carboxylic acid groups (broad SMARTS) is 1. The van der Waals surface area contributed by atoms with Crippen LogP contribution in [-0.4, -0.2) is 47.2 Å². The molecule has 2 unspecified atom stereocenters. The second kappa shape index (κ2) is 4.78. The van der Waals surface area contributed by atoms with Gasteiger partial charge in [-0.3, -0.25) is 9.59 Å². The van der Waals surface area contributed by atoms with E-state index in [1.165, 1.54) is 0 Å². The molecule has 3 fully saturated rings. The third kappa shape index (κ3) is 2.14. The largest absolute Gasteiger partial charge is 0.481 e. The molecule has 19 heavy (non-hydrogen) atoms. The summed E-state index contributed by atoms with van der Waals surface area (Å²) >= 11 is 0. The van der Waals surface area contributed by atoms with Crippen LogP contribution in [0, 0.1) is 5.41 Å². The first kappa shape index (κ1) is 12.9. The first-order chi connectivity index (χ1) is 9.12. The summed E-state index contributed by atoms with van der Waals surface area (Å²) in [7, 11) is 0. The Morgan fingerprint density at radius 3 is 2.68 bits per heavy atom. The van der Waals surface area contributed by atoms with E-state index < -0.39 is 11.4 Å². The van der Waals surface area contributed by atoms with Gasteiger partial charge in [0.15, 0.2) is 0 Å². The molecule has 2 saturated carbocycles. The highest BCUT2D eigenvalue weighted by Gasteiger charge is 2.48. The summed E-state index contributed by atoms with van der Waals surface area (Å²) < 4.78 is 5.69. The highest BCUT2D eigenvalue weighted by atomic mass is 16.5. The van der Waals surface area contributed by atoms with Crippen molar-refractivity contribution >= 4 is 11.9 Å². The minimum Gasteiger partial charge on any atom is -0.481 e. The van der Waals surface area contributed by atoms with Crippen molar-refractivity contribution in [3.05, 3.63) is 0 Å². The highest BCUT2D eigenvalue weighted by Crippen LogP contribution is 2.45. The zero-order valence-electron chi connectivity index (χ0n) is 11.1. The van der Waals surface area contributed by atoms with Crippen LogP contribution >= 0.6 is 0 Å². The summed E-state index contributed by atoms with van der Waals surface area (Å²) in [4.78, 5) is 25.7. The zero-order valence-corrected chi connectivity index (χ0v) is 11.1. The molecular formula is C14H21NO4. The van der Waals surface area contributed by atoms with Crippen molar-refractivity contribution in [1.29, 1.82) is 0 Å². The SMILES string of the molecule is O=C(CC1(C(=O)O)CCC1)N1CCOC2CCCC21. The summed E-state index contributed by atoms with van der Waals surface area (Å²) in [5.74, 6) is -0.786. The van der Waals surface area contributed by atoms with Gasteiger partial charge in [-0.1, -0.05) is 6.42 Å². The molecule has 106 valence electrons. The number of amides is 1. The molecule has 0 aromatic rings. The van der Waals surface area contributed by atoms with Gasteiger partial charge in [-0.25, -0.2) is 0 Å². The molecule has 5 nitrogen and oxygen atoms in total. The molecule has 1 aliphatic heterocycles. The van der Waals surface area contributed by atoms with E-state index in [-0.39, 0.29) is 24.5 Å². The Morgan fingerprint density at radius 1 is 1.26 bits per heavy atom. The molecule has 1 amide bonds. The van der Waals surface area contributed by atoms with Gasteiger partial charge >= 0.3 is 5.97 Å². The third-order valence-corrected chi connectivity index (χ3v) is 5.06. The van der Waals surface area contributed by atoms with Gasteiger partial charge in [0.05, 0.1) is 24.2 Å².